The number of rotatable bonds is 10. The summed E-state index contributed by atoms with van der Waals surface area (Å²) in [6.07, 6.45) is 2.66. The molecule has 1 fully saturated rings. The molecule has 0 bridgehead atoms. The van der Waals surface area contributed by atoms with Crippen molar-refractivity contribution in [1.29, 1.82) is 0 Å². The first kappa shape index (κ1) is 17.2. The van der Waals surface area contributed by atoms with Gasteiger partial charge in [-0.15, -0.1) is 11.3 Å². The summed E-state index contributed by atoms with van der Waals surface area (Å²) in [4.78, 5) is 8.44. The Balaban J connectivity index is 1.74. The van der Waals surface area contributed by atoms with Crippen molar-refractivity contribution in [3.63, 3.8) is 0 Å². The lowest BCUT2D eigenvalue weighted by Crippen LogP contribution is -2.42. The molecule has 22 heavy (non-hydrogen) atoms. The average molecular weight is 324 g/mol. The molecule has 0 radical (unpaired) electrons. The second kappa shape index (κ2) is 9.82. The van der Waals surface area contributed by atoms with Gasteiger partial charge < -0.3 is 15.4 Å². The lowest BCUT2D eigenvalue weighted by Gasteiger charge is -2.22. The van der Waals surface area contributed by atoms with Crippen LogP contribution in [0, 0.1) is 0 Å². The number of ether oxygens (including phenoxy) is 1. The van der Waals surface area contributed by atoms with E-state index in [2.05, 4.69) is 45.0 Å². The normalized spacial score (nSPS) is 15.3. The number of aliphatic imine (C=N–C) groups is 1. The van der Waals surface area contributed by atoms with Crippen LogP contribution in [0.25, 0.3) is 0 Å². The molecule has 1 aliphatic rings. The zero-order valence-electron chi connectivity index (χ0n) is 13.7. The van der Waals surface area contributed by atoms with Gasteiger partial charge in [0.05, 0.1) is 13.2 Å². The number of hydrogen-bond acceptors (Lipinski definition) is 4. The van der Waals surface area contributed by atoms with E-state index in [1.165, 1.54) is 17.7 Å². The summed E-state index contributed by atoms with van der Waals surface area (Å²) in [6.45, 7) is 7.50. The fourth-order valence-electron chi connectivity index (χ4n) is 2.34. The Morgan fingerprint density at radius 1 is 1.41 bits per heavy atom. The highest BCUT2D eigenvalue weighted by Gasteiger charge is 2.28. The third kappa shape index (κ3) is 6.34. The molecule has 0 unspecified atom stereocenters. The summed E-state index contributed by atoms with van der Waals surface area (Å²) in [6, 6.07) is 4.96. The van der Waals surface area contributed by atoms with Crippen LogP contribution >= 0.6 is 11.3 Å². The number of nitrogens with one attached hydrogen (secondary N) is 2. The summed E-state index contributed by atoms with van der Waals surface area (Å²) in [5.41, 5.74) is 0. The molecule has 0 amide bonds. The largest absolute Gasteiger partial charge is 0.383 e. The van der Waals surface area contributed by atoms with Gasteiger partial charge in [-0.25, -0.2) is 4.99 Å². The molecule has 1 aromatic rings. The van der Waals surface area contributed by atoms with Crippen molar-refractivity contribution in [2.75, 3.05) is 39.9 Å². The maximum absolute atomic E-state index is 5.20. The molecule has 2 rings (SSSR count). The number of thiophene rings is 1. The van der Waals surface area contributed by atoms with Crippen LogP contribution in [0.2, 0.25) is 0 Å². The predicted octanol–water partition coefficient (Wildman–Crippen LogP) is 1.91. The van der Waals surface area contributed by atoms with E-state index in [1.54, 1.807) is 18.4 Å². The van der Waals surface area contributed by atoms with Crippen LogP contribution in [0.15, 0.2) is 22.5 Å². The first-order valence-electron chi connectivity index (χ1n) is 8.11. The zero-order chi connectivity index (χ0) is 15.6. The van der Waals surface area contributed by atoms with Crippen LogP contribution in [0.5, 0.6) is 0 Å². The monoisotopic (exact) mass is 324 g/mol. The van der Waals surface area contributed by atoms with E-state index in [4.69, 9.17) is 4.74 Å². The summed E-state index contributed by atoms with van der Waals surface area (Å²) < 4.78 is 5.20. The Bertz CT molecular complexity index is 431. The van der Waals surface area contributed by atoms with Crippen molar-refractivity contribution < 1.29 is 4.74 Å². The van der Waals surface area contributed by atoms with Gasteiger partial charge in [-0.2, -0.15) is 0 Å². The van der Waals surface area contributed by atoms with Crippen LogP contribution in [0.1, 0.15) is 24.6 Å². The lowest BCUT2D eigenvalue weighted by atomic mass is 10.4. The van der Waals surface area contributed by atoms with E-state index in [0.29, 0.717) is 0 Å². The van der Waals surface area contributed by atoms with Crippen LogP contribution in [-0.4, -0.2) is 56.8 Å². The van der Waals surface area contributed by atoms with E-state index >= 15 is 0 Å². The fraction of sp³-hybridized carbons (Fsp3) is 0.688. The van der Waals surface area contributed by atoms with Gasteiger partial charge >= 0.3 is 0 Å². The van der Waals surface area contributed by atoms with Crippen molar-refractivity contribution in [3.8, 4) is 0 Å². The van der Waals surface area contributed by atoms with Gasteiger partial charge in [-0.1, -0.05) is 6.07 Å². The van der Waals surface area contributed by atoms with Crippen LogP contribution in [0.3, 0.4) is 0 Å². The van der Waals surface area contributed by atoms with Gasteiger partial charge in [-0.05, 0) is 31.2 Å². The van der Waals surface area contributed by atoms with Crippen molar-refractivity contribution in [1.82, 2.24) is 15.5 Å². The molecule has 1 aliphatic carbocycles. The van der Waals surface area contributed by atoms with Crippen LogP contribution < -0.4 is 10.6 Å². The van der Waals surface area contributed by atoms with Crippen molar-refractivity contribution in [3.05, 3.63) is 22.4 Å². The molecule has 5 nitrogen and oxygen atoms in total. The van der Waals surface area contributed by atoms with Gasteiger partial charge in [0.2, 0.25) is 0 Å². The van der Waals surface area contributed by atoms with Gasteiger partial charge in [0.25, 0.3) is 0 Å². The third-order valence-electron chi connectivity index (χ3n) is 3.65. The van der Waals surface area contributed by atoms with Gasteiger partial charge in [0.15, 0.2) is 5.96 Å². The third-order valence-corrected chi connectivity index (χ3v) is 4.52. The number of hydrogen-bond donors (Lipinski definition) is 2. The molecule has 1 heterocycles. The van der Waals surface area contributed by atoms with E-state index in [1.807, 2.05) is 0 Å². The fourth-order valence-corrected chi connectivity index (χ4v) is 2.97. The highest BCUT2D eigenvalue weighted by atomic mass is 32.1. The second-order valence-electron chi connectivity index (χ2n) is 5.46. The first-order valence-corrected chi connectivity index (χ1v) is 8.99. The molecule has 1 saturated carbocycles. The minimum Gasteiger partial charge on any atom is -0.383 e. The minimum absolute atomic E-state index is 0.739. The number of guanidine groups is 1. The van der Waals surface area contributed by atoms with Gasteiger partial charge in [0.1, 0.15) is 0 Å². The summed E-state index contributed by atoms with van der Waals surface area (Å²) in [5.74, 6) is 0.901. The molecular formula is C16H28N4OS. The topological polar surface area (TPSA) is 48.9 Å². The predicted molar refractivity (Wildman–Crippen MR) is 93.6 cm³/mol. The van der Waals surface area contributed by atoms with Crippen LogP contribution in [0.4, 0.5) is 0 Å². The Morgan fingerprint density at radius 2 is 2.27 bits per heavy atom. The van der Waals surface area contributed by atoms with Crippen molar-refractivity contribution >= 4 is 17.3 Å². The highest BCUT2D eigenvalue weighted by Crippen LogP contribution is 2.25. The smallest absolute Gasteiger partial charge is 0.191 e. The minimum atomic E-state index is 0.739. The molecule has 0 aliphatic heterocycles. The molecule has 0 aromatic carbocycles. The second-order valence-corrected chi connectivity index (χ2v) is 6.49. The van der Waals surface area contributed by atoms with Gasteiger partial charge in [0, 0.05) is 44.2 Å². The van der Waals surface area contributed by atoms with Gasteiger partial charge in [-0.3, -0.25) is 4.90 Å². The Morgan fingerprint density at radius 3 is 2.91 bits per heavy atom. The Labute approximate surface area is 137 Å². The molecule has 6 heteroatoms. The van der Waals surface area contributed by atoms with E-state index in [9.17, 15) is 0 Å². The summed E-state index contributed by atoms with van der Waals surface area (Å²) in [5, 5.41) is 8.83. The maximum Gasteiger partial charge on any atom is 0.191 e. The summed E-state index contributed by atoms with van der Waals surface area (Å²) >= 11 is 1.75. The SMILES string of the molecule is CCNC(=NCc1cccs1)NCCN(CCOC)C1CC1. The molecule has 0 atom stereocenters. The first-order chi connectivity index (χ1) is 10.8. The molecular weight excluding hydrogens is 296 g/mol. The number of methoxy groups -OCH3 is 1. The van der Waals surface area contributed by atoms with Crippen molar-refractivity contribution in [2.45, 2.75) is 32.4 Å². The Hall–Kier alpha value is -1.11. The van der Waals surface area contributed by atoms with E-state index in [-0.39, 0.29) is 0 Å². The molecule has 124 valence electrons. The molecule has 0 spiro atoms. The zero-order valence-corrected chi connectivity index (χ0v) is 14.5. The number of nitrogens with zero attached hydrogens (tertiary/aromatic N) is 2. The summed E-state index contributed by atoms with van der Waals surface area (Å²) in [7, 11) is 1.77. The Kier molecular flexibility index (Phi) is 7.70. The quantitative estimate of drug-likeness (QED) is 0.510. The van der Waals surface area contributed by atoms with E-state index in [0.717, 1.165) is 51.3 Å². The molecule has 0 saturated heterocycles. The maximum atomic E-state index is 5.20. The average Bonchev–Trinajstić information content (AvgIpc) is 3.24. The molecule has 2 N–H and O–H groups in total. The lowest BCUT2D eigenvalue weighted by molar-refractivity contribution is 0.144. The molecule has 1 aromatic heterocycles. The van der Waals surface area contributed by atoms with Crippen LogP contribution in [-0.2, 0) is 11.3 Å². The highest BCUT2D eigenvalue weighted by molar-refractivity contribution is 7.09. The van der Waals surface area contributed by atoms with E-state index < -0.39 is 0 Å². The van der Waals surface area contributed by atoms with Crippen molar-refractivity contribution in [2.24, 2.45) is 4.99 Å². The standard InChI is InChI=1S/C16H28N4OS/c1-3-17-16(19-13-15-5-4-12-22-15)18-8-9-20(10-11-21-2)14-6-7-14/h4-5,12,14H,3,6-11,13H2,1-2H3,(H2,17,18,19).